The molecule has 0 saturated carbocycles. The Kier molecular flexibility index (Phi) is 2.45. The van der Waals surface area contributed by atoms with E-state index in [4.69, 9.17) is 0 Å². The van der Waals surface area contributed by atoms with E-state index in [9.17, 15) is 4.79 Å². The number of nitrogens with zero attached hydrogens (tertiary/aromatic N) is 4. The lowest BCUT2D eigenvalue weighted by Gasteiger charge is -1.93. The van der Waals surface area contributed by atoms with Crippen LogP contribution in [0.4, 0.5) is 0 Å². The van der Waals surface area contributed by atoms with E-state index < -0.39 is 0 Å². The van der Waals surface area contributed by atoms with Crippen molar-refractivity contribution in [3.05, 3.63) is 52.7 Å². The van der Waals surface area contributed by atoms with Crippen molar-refractivity contribution < 1.29 is 0 Å². The molecule has 2 heterocycles. The van der Waals surface area contributed by atoms with Gasteiger partial charge in [-0.2, -0.15) is 10.2 Å². The van der Waals surface area contributed by atoms with Crippen molar-refractivity contribution in [2.45, 2.75) is 0 Å². The van der Waals surface area contributed by atoms with Gasteiger partial charge in [-0.3, -0.25) is 9.48 Å². The molecule has 0 bridgehead atoms. The highest BCUT2D eigenvalue weighted by molar-refractivity contribution is 5.78. The molecule has 2 aromatic heterocycles. The smallest absolute Gasteiger partial charge is 0.270 e. The van der Waals surface area contributed by atoms with Crippen LogP contribution in [-0.4, -0.2) is 20.7 Å². The Bertz CT molecular complexity index is 538. The molecule has 15 heavy (non-hydrogen) atoms. The van der Waals surface area contributed by atoms with Gasteiger partial charge in [-0.05, 0) is 6.07 Å². The molecule has 0 aromatic carbocycles. The van der Waals surface area contributed by atoms with Gasteiger partial charge in [0, 0.05) is 31.1 Å². The summed E-state index contributed by atoms with van der Waals surface area (Å²) in [6, 6.07) is 4.89. The molecule has 0 amide bonds. The number of aryl methyl sites for hydroxylation is 1. The van der Waals surface area contributed by atoms with Gasteiger partial charge in [-0.25, -0.2) is 4.68 Å². The molecule has 2 rings (SSSR count). The van der Waals surface area contributed by atoms with Crippen molar-refractivity contribution in [3.63, 3.8) is 0 Å². The Balaban J connectivity index is 2.26. The van der Waals surface area contributed by atoms with Gasteiger partial charge in [0.05, 0.1) is 12.4 Å². The standard InChI is InChI=1S/C10H10N4O/c1-13-8-9(6-11-13)7-12-14-5-3-2-4-10(14)15/h2-8H,1H3/b12-7+. The molecule has 0 saturated heterocycles. The molecule has 5 heteroatoms. The molecule has 0 aliphatic heterocycles. The quantitative estimate of drug-likeness (QED) is 0.664. The second kappa shape index (κ2) is 3.91. The normalized spacial score (nSPS) is 11.0. The fraction of sp³-hybridized carbons (Fsp3) is 0.100. The van der Waals surface area contributed by atoms with Crippen molar-refractivity contribution in [3.8, 4) is 0 Å². The lowest BCUT2D eigenvalue weighted by atomic mass is 10.4. The molecule has 0 aliphatic rings. The fourth-order valence-electron chi connectivity index (χ4n) is 1.15. The van der Waals surface area contributed by atoms with Crippen LogP contribution in [0.15, 0.2) is 46.7 Å². The van der Waals surface area contributed by atoms with Crippen LogP contribution >= 0.6 is 0 Å². The van der Waals surface area contributed by atoms with Crippen molar-refractivity contribution in [2.24, 2.45) is 12.1 Å². The van der Waals surface area contributed by atoms with Crippen LogP contribution in [0.1, 0.15) is 5.56 Å². The van der Waals surface area contributed by atoms with E-state index >= 15 is 0 Å². The third kappa shape index (κ3) is 2.19. The SMILES string of the molecule is Cn1cc(/C=N/n2ccccc2=O)cn1. The van der Waals surface area contributed by atoms with Crippen molar-refractivity contribution >= 4 is 6.21 Å². The molecule has 5 nitrogen and oxygen atoms in total. The zero-order valence-corrected chi connectivity index (χ0v) is 8.24. The van der Waals surface area contributed by atoms with Gasteiger partial charge in [0.25, 0.3) is 5.56 Å². The maximum absolute atomic E-state index is 11.3. The molecule has 0 aliphatic carbocycles. The van der Waals surface area contributed by atoms with E-state index in [2.05, 4.69) is 10.2 Å². The van der Waals surface area contributed by atoms with Gasteiger partial charge in [0.2, 0.25) is 0 Å². The van der Waals surface area contributed by atoms with E-state index in [-0.39, 0.29) is 5.56 Å². The lowest BCUT2D eigenvalue weighted by Crippen LogP contribution is -2.13. The van der Waals surface area contributed by atoms with E-state index in [0.717, 1.165) is 5.56 Å². The van der Waals surface area contributed by atoms with Gasteiger partial charge in [0.15, 0.2) is 0 Å². The fourth-order valence-corrected chi connectivity index (χ4v) is 1.15. The van der Waals surface area contributed by atoms with Crippen LogP contribution < -0.4 is 5.56 Å². The summed E-state index contributed by atoms with van der Waals surface area (Å²) in [4.78, 5) is 11.3. The zero-order chi connectivity index (χ0) is 10.7. The molecule has 2 aromatic rings. The third-order valence-electron chi connectivity index (χ3n) is 1.86. The molecular weight excluding hydrogens is 192 g/mol. The number of hydrogen-bond acceptors (Lipinski definition) is 3. The van der Waals surface area contributed by atoms with E-state index in [1.54, 1.807) is 35.4 Å². The Hall–Kier alpha value is -2.17. The minimum absolute atomic E-state index is 0.155. The highest BCUT2D eigenvalue weighted by atomic mass is 16.1. The summed E-state index contributed by atoms with van der Waals surface area (Å²) < 4.78 is 2.95. The summed E-state index contributed by atoms with van der Waals surface area (Å²) in [6.45, 7) is 0. The number of aromatic nitrogens is 3. The summed E-state index contributed by atoms with van der Waals surface area (Å²) in [5.41, 5.74) is 0.700. The third-order valence-corrected chi connectivity index (χ3v) is 1.86. The number of hydrogen-bond donors (Lipinski definition) is 0. The van der Waals surface area contributed by atoms with Crippen LogP contribution in [0.2, 0.25) is 0 Å². The highest BCUT2D eigenvalue weighted by Gasteiger charge is 1.92. The molecule has 0 radical (unpaired) electrons. The zero-order valence-electron chi connectivity index (χ0n) is 8.24. The minimum atomic E-state index is -0.155. The van der Waals surface area contributed by atoms with Crippen molar-refractivity contribution in [1.82, 2.24) is 14.5 Å². The molecule has 0 spiro atoms. The lowest BCUT2D eigenvalue weighted by molar-refractivity contribution is 0.767. The van der Waals surface area contributed by atoms with Gasteiger partial charge < -0.3 is 0 Å². The number of rotatable bonds is 2. The molecular formula is C10H10N4O. The first-order chi connectivity index (χ1) is 7.25. The average Bonchev–Trinajstić information content (AvgIpc) is 2.63. The molecule has 0 fully saturated rings. The predicted octanol–water partition coefficient (Wildman–Crippen LogP) is 0.464. The molecule has 76 valence electrons. The Morgan fingerprint density at radius 1 is 1.47 bits per heavy atom. The van der Waals surface area contributed by atoms with Crippen LogP contribution in [0, 0.1) is 0 Å². The maximum atomic E-state index is 11.3. The van der Waals surface area contributed by atoms with Gasteiger partial charge in [-0.15, -0.1) is 0 Å². The van der Waals surface area contributed by atoms with E-state index in [1.165, 1.54) is 10.7 Å². The average molecular weight is 202 g/mol. The van der Waals surface area contributed by atoms with E-state index in [0.29, 0.717) is 0 Å². The minimum Gasteiger partial charge on any atom is -0.275 e. The maximum Gasteiger partial charge on any atom is 0.270 e. The van der Waals surface area contributed by atoms with Gasteiger partial charge >= 0.3 is 0 Å². The Labute approximate surface area is 86.3 Å². The van der Waals surface area contributed by atoms with Crippen LogP contribution in [-0.2, 0) is 7.05 Å². The number of pyridine rings is 1. The Morgan fingerprint density at radius 2 is 2.33 bits per heavy atom. The summed E-state index contributed by atoms with van der Waals surface area (Å²) in [6.07, 6.45) is 6.69. The summed E-state index contributed by atoms with van der Waals surface area (Å²) in [5, 5.41) is 8.00. The summed E-state index contributed by atoms with van der Waals surface area (Å²) >= 11 is 0. The molecule has 0 unspecified atom stereocenters. The monoisotopic (exact) mass is 202 g/mol. The second-order valence-electron chi connectivity index (χ2n) is 3.08. The first-order valence-corrected chi connectivity index (χ1v) is 4.46. The van der Waals surface area contributed by atoms with Crippen molar-refractivity contribution in [1.29, 1.82) is 0 Å². The summed E-state index contributed by atoms with van der Waals surface area (Å²) in [5.74, 6) is 0. The van der Waals surface area contributed by atoms with Crippen molar-refractivity contribution in [2.75, 3.05) is 0 Å². The van der Waals surface area contributed by atoms with Gasteiger partial charge in [0.1, 0.15) is 0 Å². The first kappa shape index (κ1) is 9.39. The largest absolute Gasteiger partial charge is 0.275 e. The van der Waals surface area contributed by atoms with Crippen LogP contribution in [0.5, 0.6) is 0 Å². The van der Waals surface area contributed by atoms with Gasteiger partial charge in [-0.1, -0.05) is 6.07 Å². The Morgan fingerprint density at radius 3 is 3.00 bits per heavy atom. The topological polar surface area (TPSA) is 52.2 Å². The first-order valence-electron chi connectivity index (χ1n) is 4.46. The second-order valence-corrected chi connectivity index (χ2v) is 3.08. The predicted molar refractivity (Wildman–Crippen MR) is 56.9 cm³/mol. The summed E-state index contributed by atoms with van der Waals surface area (Å²) in [7, 11) is 1.83. The molecule has 0 N–H and O–H groups in total. The highest BCUT2D eigenvalue weighted by Crippen LogP contribution is 1.91. The van der Waals surface area contributed by atoms with Crippen LogP contribution in [0.3, 0.4) is 0 Å². The van der Waals surface area contributed by atoms with E-state index in [1.807, 2.05) is 13.2 Å². The van der Waals surface area contributed by atoms with Crippen LogP contribution in [0.25, 0.3) is 0 Å². The molecule has 0 atom stereocenters.